The summed E-state index contributed by atoms with van der Waals surface area (Å²) in [5.41, 5.74) is 2.31. The van der Waals surface area contributed by atoms with Gasteiger partial charge in [0.2, 0.25) is 0 Å². The lowest BCUT2D eigenvalue weighted by Crippen LogP contribution is -2.23. The monoisotopic (exact) mass is 287 g/mol. The largest absolute Gasteiger partial charge is 0.450 e. The Balaban J connectivity index is 2.31. The number of nitrogens with one attached hydrogen (secondary N) is 1. The predicted molar refractivity (Wildman–Crippen MR) is 64.4 cm³/mol. The summed E-state index contributed by atoms with van der Waals surface area (Å²) in [6.45, 7) is 4.50. The Morgan fingerprint density at radius 1 is 1.62 bits per heavy atom. The van der Waals surface area contributed by atoms with Gasteiger partial charge in [-0.3, -0.25) is 9.63 Å². The molecule has 0 aliphatic rings. The van der Waals surface area contributed by atoms with Gasteiger partial charge in [0.15, 0.2) is 4.67 Å². The quantitative estimate of drug-likeness (QED) is 0.669. The van der Waals surface area contributed by atoms with Gasteiger partial charge in [0.25, 0.3) is 5.91 Å². The summed E-state index contributed by atoms with van der Waals surface area (Å²) in [5.74, 6) is 0.671. The van der Waals surface area contributed by atoms with Gasteiger partial charge in [-0.05, 0) is 40.1 Å². The molecule has 1 amide bonds. The highest BCUT2D eigenvalue weighted by atomic mass is 79.9. The maximum Gasteiger partial charge on any atom is 0.267 e. The maximum atomic E-state index is 11.2. The molecule has 4 nitrogen and oxygen atoms in total. The van der Waals surface area contributed by atoms with Crippen molar-refractivity contribution in [3.8, 4) is 0 Å². The van der Waals surface area contributed by atoms with Crippen LogP contribution in [0.15, 0.2) is 27.3 Å². The average molecular weight is 288 g/mol. The van der Waals surface area contributed by atoms with Crippen LogP contribution in [0.1, 0.15) is 19.6 Å². The fourth-order valence-corrected chi connectivity index (χ4v) is 1.21. The van der Waals surface area contributed by atoms with Crippen molar-refractivity contribution in [3.63, 3.8) is 0 Å². The van der Waals surface area contributed by atoms with E-state index < -0.39 is 0 Å². The highest BCUT2D eigenvalue weighted by molar-refractivity contribution is 9.10. The van der Waals surface area contributed by atoms with Crippen LogP contribution in [0.2, 0.25) is 0 Å². The van der Waals surface area contributed by atoms with E-state index in [4.69, 9.17) is 9.25 Å². The minimum absolute atomic E-state index is 0.312. The zero-order valence-electron chi connectivity index (χ0n) is 9.20. The van der Waals surface area contributed by atoms with Gasteiger partial charge in [0.1, 0.15) is 5.76 Å². The van der Waals surface area contributed by atoms with Crippen LogP contribution in [0.4, 0.5) is 0 Å². The van der Waals surface area contributed by atoms with Gasteiger partial charge in [-0.1, -0.05) is 13.8 Å². The Labute approximate surface area is 103 Å². The van der Waals surface area contributed by atoms with Gasteiger partial charge >= 0.3 is 0 Å². The molecule has 16 heavy (non-hydrogen) atoms. The smallest absolute Gasteiger partial charge is 0.267 e. The minimum Gasteiger partial charge on any atom is -0.450 e. The molecule has 0 radical (unpaired) electrons. The molecule has 0 atom stereocenters. The van der Waals surface area contributed by atoms with Crippen molar-refractivity contribution < 1.29 is 14.0 Å². The van der Waals surface area contributed by atoms with Crippen LogP contribution < -0.4 is 5.48 Å². The third kappa shape index (κ3) is 5.14. The molecule has 0 bridgehead atoms. The van der Waals surface area contributed by atoms with Gasteiger partial charge in [0, 0.05) is 6.08 Å². The van der Waals surface area contributed by atoms with E-state index in [0.717, 1.165) is 0 Å². The van der Waals surface area contributed by atoms with Crippen molar-refractivity contribution in [2.24, 2.45) is 5.92 Å². The van der Waals surface area contributed by atoms with Crippen LogP contribution in [0.5, 0.6) is 0 Å². The average Bonchev–Trinajstić information content (AvgIpc) is 2.61. The zero-order valence-corrected chi connectivity index (χ0v) is 10.8. The maximum absolute atomic E-state index is 11.2. The second kappa shape index (κ2) is 6.50. The Morgan fingerprint density at radius 2 is 2.38 bits per heavy atom. The van der Waals surface area contributed by atoms with E-state index in [1.165, 1.54) is 6.08 Å². The number of amides is 1. The zero-order chi connectivity index (χ0) is 12.0. The van der Waals surface area contributed by atoms with Crippen molar-refractivity contribution in [1.29, 1.82) is 0 Å². The van der Waals surface area contributed by atoms with Crippen LogP contribution in [-0.2, 0) is 9.63 Å². The first-order valence-electron chi connectivity index (χ1n) is 4.93. The topological polar surface area (TPSA) is 51.5 Å². The summed E-state index contributed by atoms with van der Waals surface area (Å²) >= 11 is 3.17. The van der Waals surface area contributed by atoms with Gasteiger partial charge < -0.3 is 4.42 Å². The molecule has 0 fully saturated rings. The molecular formula is C11H14BrNO3. The number of halogens is 1. The first-order chi connectivity index (χ1) is 7.58. The number of hydrogen-bond acceptors (Lipinski definition) is 3. The van der Waals surface area contributed by atoms with Crippen molar-refractivity contribution in [2.45, 2.75) is 13.8 Å². The first kappa shape index (κ1) is 13.0. The Kier molecular flexibility index (Phi) is 5.28. The summed E-state index contributed by atoms with van der Waals surface area (Å²) in [7, 11) is 0. The molecule has 5 heteroatoms. The summed E-state index contributed by atoms with van der Waals surface area (Å²) in [6, 6.07) is 3.51. The lowest BCUT2D eigenvalue weighted by molar-refractivity contribution is -0.129. The summed E-state index contributed by atoms with van der Waals surface area (Å²) < 4.78 is 5.81. The highest BCUT2D eigenvalue weighted by Gasteiger charge is 1.99. The van der Waals surface area contributed by atoms with E-state index in [0.29, 0.717) is 23.0 Å². The van der Waals surface area contributed by atoms with Crippen LogP contribution in [0, 0.1) is 5.92 Å². The standard InChI is InChI=1S/C11H14BrNO3/c1-8(2)7-15-13-11(14)6-4-9-3-5-10(12)16-9/h3-6,8H,7H2,1-2H3,(H,13,14)/b6-4+. The summed E-state index contributed by atoms with van der Waals surface area (Å²) in [6.07, 6.45) is 2.92. The van der Waals surface area contributed by atoms with E-state index in [2.05, 4.69) is 21.4 Å². The molecule has 1 heterocycles. The van der Waals surface area contributed by atoms with Crippen LogP contribution in [-0.4, -0.2) is 12.5 Å². The molecule has 1 N–H and O–H groups in total. The first-order valence-corrected chi connectivity index (χ1v) is 5.72. The number of hydroxylamine groups is 1. The third-order valence-corrected chi connectivity index (χ3v) is 2.01. The van der Waals surface area contributed by atoms with E-state index >= 15 is 0 Å². The molecule has 88 valence electrons. The molecule has 0 saturated heterocycles. The number of hydrogen-bond donors (Lipinski definition) is 1. The molecule has 0 spiro atoms. The van der Waals surface area contributed by atoms with E-state index in [1.807, 2.05) is 13.8 Å². The van der Waals surface area contributed by atoms with E-state index in [-0.39, 0.29) is 5.91 Å². The fraction of sp³-hybridized carbons (Fsp3) is 0.364. The van der Waals surface area contributed by atoms with Crippen molar-refractivity contribution >= 4 is 27.9 Å². The molecule has 0 aromatic carbocycles. The third-order valence-electron chi connectivity index (χ3n) is 1.58. The summed E-state index contributed by atoms with van der Waals surface area (Å²) in [4.78, 5) is 16.2. The van der Waals surface area contributed by atoms with Crippen molar-refractivity contribution in [3.05, 3.63) is 28.6 Å². The van der Waals surface area contributed by atoms with Crippen LogP contribution in [0.3, 0.4) is 0 Å². The molecule has 0 unspecified atom stereocenters. The Bertz CT molecular complexity index is 371. The van der Waals surface area contributed by atoms with Gasteiger partial charge in [0.05, 0.1) is 6.61 Å². The van der Waals surface area contributed by atoms with Gasteiger partial charge in [-0.25, -0.2) is 5.48 Å². The van der Waals surface area contributed by atoms with Gasteiger partial charge in [-0.2, -0.15) is 0 Å². The lowest BCUT2D eigenvalue weighted by Gasteiger charge is -2.05. The van der Waals surface area contributed by atoms with Crippen LogP contribution >= 0.6 is 15.9 Å². The number of carbonyl (C=O) groups is 1. The predicted octanol–water partition coefficient (Wildman–Crippen LogP) is 2.76. The second-order valence-electron chi connectivity index (χ2n) is 3.65. The SMILES string of the molecule is CC(C)CONC(=O)/C=C/c1ccc(Br)o1. The minimum atomic E-state index is -0.312. The molecule has 0 saturated carbocycles. The summed E-state index contributed by atoms with van der Waals surface area (Å²) in [5, 5.41) is 0. The van der Waals surface area contributed by atoms with Crippen LogP contribution in [0.25, 0.3) is 6.08 Å². The van der Waals surface area contributed by atoms with Crippen molar-refractivity contribution in [2.75, 3.05) is 6.61 Å². The van der Waals surface area contributed by atoms with Crippen molar-refractivity contribution in [1.82, 2.24) is 5.48 Å². The molecule has 0 aliphatic carbocycles. The number of carbonyl (C=O) groups excluding carboxylic acids is 1. The fourth-order valence-electron chi connectivity index (χ4n) is 0.889. The van der Waals surface area contributed by atoms with E-state index in [1.54, 1.807) is 18.2 Å². The molecule has 0 aliphatic heterocycles. The Morgan fingerprint density at radius 3 is 2.94 bits per heavy atom. The molecular weight excluding hydrogens is 274 g/mol. The molecule has 1 aromatic heterocycles. The highest BCUT2D eigenvalue weighted by Crippen LogP contribution is 2.14. The normalized spacial score (nSPS) is 11.2. The Hall–Kier alpha value is -1.07. The number of furan rings is 1. The number of rotatable bonds is 5. The van der Waals surface area contributed by atoms with Gasteiger partial charge in [-0.15, -0.1) is 0 Å². The lowest BCUT2D eigenvalue weighted by atomic mass is 10.2. The van der Waals surface area contributed by atoms with E-state index in [9.17, 15) is 4.79 Å². The second-order valence-corrected chi connectivity index (χ2v) is 4.43. The molecule has 1 aromatic rings. The molecule has 1 rings (SSSR count).